The molecule has 0 aromatic heterocycles. The van der Waals surface area contributed by atoms with Crippen molar-refractivity contribution in [1.82, 2.24) is 4.90 Å². The molecule has 1 aliphatic heterocycles. The third kappa shape index (κ3) is 3.94. The van der Waals surface area contributed by atoms with Crippen molar-refractivity contribution < 1.29 is 22.8 Å². The molecule has 3 rings (SSSR count). The summed E-state index contributed by atoms with van der Waals surface area (Å²) < 4.78 is 41.7. The van der Waals surface area contributed by atoms with Gasteiger partial charge in [-0.1, -0.05) is 55.8 Å². The molecule has 0 saturated carbocycles. The maximum Gasteiger partial charge on any atom is 0.422 e. The highest BCUT2D eigenvalue weighted by Gasteiger charge is 2.52. The van der Waals surface area contributed by atoms with Crippen LogP contribution in [0, 0.1) is 0 Å². The molecular formula is C22H19ClF3NO2. The van der Waals surface area contributed by atoms with E-state index in [9.17, 15) is 22.8 Å². The van der Waals surface area contributed by atoms with Crippen LogP contribution in [0.2, 0.25) is 5.02 Å². The van der Waals surface area contributed by atoms with Gasteiger partial charge >= 0.3 is 6.18 Å². The number of amides is 2. The van der Waals surface area contributed by atoms with Gasteiger partial charge in [0.1, 0.15) is 5.57 Å². The fraction of sp³-hybridized carbons (Fsp3) is 0.273. The Morgan fingerprint density at radius 3 is 1.97 bits per heavy atom. The summed E-state index contributed by atoms with van der Waals surface area (Å²) in [5.74, 6) is -2.25. The van der Waals surface area contributed by atoms with Crippen molar-refractivity contribution in [3.8, 4) is 0 Å². The van der Waals surface area contributed by atoms with E-state index in [1.807, 2.05) is 0 Å². The van der Waals surface area contributed by atoms with Crippen LogP contribution in [0.1, 0.15) is 36.1 Å². The van der Waals surface area contributed by atoms with Crippen LogP contribution in [0.15, 0.2) is 48.0 Å². The van der Waals surface area contributed by atoms with Gasteiger partial charge in [-0.2, -0.15) is 13.2 Å². The molecule has 0 saturated heterocycles. The molecule has 152 valence electrons. The monoisotopic (exact) mass is 421 g/mol. The molecule has 1 aliphatic rings. The topological polar surface area (TPSA) is 37.4 Å². The number of rotatable bonds is 5. The maximum absolute atomic E-state index is 13.9. The number of halogens is 4. The summed E-state index contributed by atoms with van der Waals surface area (Å²) >= 11 is 6.11. The van der Waals surface area contributed by atoms with Gasteiger partial charge in [-0.3, -0.25) is 14.5 Å². The fourth-order valence-electron chi connectivity index (χ4n) is 3.58. The zero-order valence-corrected chi connectivity index (χ0v) is 16.7. The molecule has 0 radical (unpaired) electrons. The van der Waals surface area contributed by atoms with Crippen LogP contribution < -0.4 is 0 Å². The number of alkyl halides is 3. The number of hydrogen-bond acceptors (Lipinski definition) is 2. The van der Waals surface area contributed by atoms with Crippen LogP contribution in [0.5, 0.6) is 0 Å². The molecular weight excluding hydrogens is 403 g/mol. The predicted molar refractivity (Wildman–Crippen MR) is 105 cm³/mol. The third-order valence-electron chi connectivity index (χ3n) is 4.91. The van der Waals surface area contributed by atoms with Crippen LogP contribution in [0.4, 0.5) is 13.2 Å². The average Bonchev–Trinajstić information content (AvgIpc) is 2.92. The van der Waals surface area contributed by atoms with Crippen molar-refractivity contribution in [1.29, 1.82) is 0 Å². The van der Waals surface area contributed by atoms with Gasteiger partial charge < -0.3 is 0 Å². The second-order valence-corrected chi connectivity index (χ2v) is 7.17. The Labute approximate surface area is 171 Å². The van der Waals surface area contributed by atoms with E-state index in [4.69, 9.17) is 11.6 Å². The van der Waals surface area contributed by atoms with Gasteiger partial charge in [0.25, 0.3) is 11.8 Å². The Hall–Kier alpha value is -2.60. The average molecular weight is 422 g/mol. The molecule has 0 N–H and O–H groups in total. The summed E-state index contributed by atoms with van der Waals surface area (Å²) in [6, 6.07) is 11.6. The maximum atomic E-state index is 13.9. The number of nitrogens with zero attached hydrogens (tertiary/aromatic N) is 1. The number of imide groups is 1. The first-order valence-corrected chi connectivity index (χ1v) is 9.60. The minimum absolute atomic E-state index is 0.167. The highest BCUT2D eigenvalue weighted by Crippen LogP contribution is 2.42. The van der Waals surface area contributed by atoms with E-state index in [0.29, 0.717) is 39.5 Å². The lowest BCUT2D eigenvalue weighted by Gasteiger charge is -2.17. The van der Waals surface area contributed by atoms with Gasteiger partial charge in [-0.05, 0) is 47.2 Å². The van der Waals surface area contributed by atoms with E-state index in [2.05, 4.69) is 0 Å². The minimum Gasteiger partial charge on any atom is -0.270 e. The molecule has 2 amide bonds. The van der Waals surface area contributed by atoms with E-state index >= 15 is 0 Å². The zero-order valence-electron chi connectivity index (χ0n) is 15.9. The van der Waals surface area contributed by atoms with Crippen LogP contribution in [-0.4, -0.2) is 22.9 Å². The Morgan fingerprint density at radius 1 is 0.931 bits per heavy atom. The molecule has 1 heterocycles. The van der Waals surface area contributed by atoms with E-state index in [1.54, 1.807) is 56.3 Å². The lowest BCUT2D eigenvalue weighted by molar-refractivity contribution is -0.142. The van der Waals surface area contributed by atoms with Gasteiger partial charge in [-0.25, -0.2) is 0 Å². The summed E-state index contributed by atoms with van der Waals surface area (Å²) in [5.41, 5.74) is -0.239. The SMILES string of the molecule is CCc1cc(Cl)cc(CC)c1C1=C(C(F)(F)F)C(=O)N(Cc2ccccc2)C1=O. The quantitative estimate of drug-likeness (QED) is 0.610. The summed E-state index contributed by atoms with van der Waals surface area (Å²) in [4.78, 5) is 26.5. The molecule has 29 heavy (non-hydrogen) atoms. The van der Waals surface area contributed by atoms with E-state index in [-0.39, 0.29) is 12.1 Å². The first kappa shape index (κ1) is 21.1. The number of aryl methyl sites for hydroxylation is 2. The minimum atomic E-state index is -4.96. The predicted octanol–water partition coefficient (Wildman–Crippen LogP) is 5.35. The highest BCUT2D eigenvalue weighted by molar-refractivity contribution is 6.37. The van der Waals surface area contributed by atoms with Gasteiger partial charge in [0.2, 0.25) is 0 Å². The molecule has 0 atom stereocenters. The summed E-state index contributed by atoms with van der Waals surface area (Å²) in [6.45, 7) is 3.31. The molecule has 2 aromatic rings. The lowest BCUT2D eigenvalue weighted by Crippen LogP contribution is -2.33. The van der Waals surface area contributed by atoms with Gasteiger partial charge in [0.05, 0.1) is 12.1 Å². The number of benzene rings is 2. The molecule has 0 spiro atoms. The largest absolute Gasteiger partial charge is 0.422 e. The van der Waals surface area contributed by atoms with Crippen molar-refractivity contribution in [3.63, 3.8) is 0 Å². The second-order valence-electron chi connectivity index (χ2n) is 6.74. The standard InChI is InChI=1S/C22H19ClF3NO2/c1-3-14-10-16(23)11-15(4-2)17(14)18-19(22(24,25)26)21(29)27(20(18)28)12-13-8-6-5-7-9-13/h5-11H,3-4,12H2,1-2H3. The second kappa shape index (κ2) is 8.03. The number of carbonyl (C=O) groups is 2. The summed E-state index contributed by atoms with van der Waals surface area (Å²) in [6.07, 6.45) is -4.21. The Morgan fingerprint density at radius 2 is 1.48 bits per heavy atom. The molecule has 0 bridgehead atoms. The van der Waals surface area contributed by atoms with E-state index < -0.39 is 29.1 Å². The van der Waals surface area contributed by atoms with Crippen LogP contribution in [0.3, 0.4) is 0 Å². The highest BCUT2D eigenvalue weighted by atomic mass is 35.5. The normalized spacial score (nSPS) is 14.9. The van der Waals surface area contributed by atoms with Gasteiger partial charge in [0, 0.05) is 5.02 Å². The Kier molecular flexibility index (Phi) is 5.85. The molecule has 2 aromatic carbocycles. The summed E-state index contributed by atoms with van der Waals surface area (Å²) in [7, 11) is 0. The van der Waals surface area contributed by atoms with Gasteiger partial charge in [-0.15, -0.1) is 0 Å². The summed E-state index contributed by atoms with van der Waals surface area (Å²) in [5, 5.41) is 0.384. The lowest BCUT2D eigenvalue weighted by atomic mass is 9.89. The van der Waals surface area contributed by atoms with Gasteiger partial charge in [0.15, 0.2) is 0 Å². The number of hydrogen-bond donors (Lipinski definition) is 0. The molecule has 0 aliphatic carbocycles. The first-order valence-electron chi connectivity index (χ1n) is 9.22. The van der Waals surface area contributed by atoms with E-state index in [0.717, 1.165) is 0 Å². The molecule has 3 nitrogen and oxygen atoms in total. The number of carbonyl (C=O) groups excluding carboxylic acids is 2. The smallest absolute Gasteiger partial charge is 0.270 e. The Bertz CT molecular complexity index is 972. The van der Waals surface area contributed by atoms with Crippen molar-refractivity contribution in [3.05, 3.63) is 75.3 Å². The third-order valence-corrected chi connectivity index (χ3v) is 5.13. The first-order chi connectivity index (χ1) is 13.7. The molecule has 7 heteroatoms. The van der Waals surface area contributed by atoms with Crippen LogP contribution >= 0.6 is 11.6 Å². The van der Waals surface area contributed by atoms with Crippen molar-refractivity contribution in [2.45, 2.75) is 39.4 Å². The fourth-order valence-corrected chi connectivity index (χ4v) is 3.85. The van der Waals surface area contributed by atoms with Crippen LogP contribution in [0.25, 0.3) is 5.57 Å². The zero-order chi connectivity index (χ0) is 21.3. The molecule has 0 unspecified atom stereocenters. The molecule has 0 fully saturated rings. The van der Waals surface area contributed by atoms with Crippen molar-refractivity contribution >= 4 is 29.0 Å². The van der Waals surface area contributed by atoms with E-state index in [1.165, 1.54) is 0 Å². The van der Waals surface area contributed by atoms with Crippen molar-refractivity contribution in [2.75, 3.05) is 0 Å². The Balaban J connectivity index is 2.21. The van der Waals surface area contributed by atoms with Crippen molar-refractivity contribution in [2.24, 2.45) is 0 Å². The van der Waals surface area contributed by atoms with Crippen LogP contribution in [-0.2, 0) is 29.0 Å².